The average molecular weight is 663 g/mol. The molecule has 7 aromatic carbocycles. The van der Waals surface area contributed by atoms with Gasteiger partial charge in [-0.15, -0.1) is 0 Å². The van der Waals surface area contributed by atoms with Gasteiger partial charge in [-0.3, -0.25) is 0 Å². The van der Waals surface area contributed by atoms with Gasteiger partial charge in [0.25, 0.3) is 0 Å². The average Bonchev–Trinajstić information content (AvgIpc) is 3.50. The van der Waals surface area contributed by atoms with Crippen LogP contribution in [-0.4, -0.2) is 4.98 Å². The molecular weight excluding hydrogens is 629 g/mol. The van der Waals surface area contributed by atoms with Gasteiger partial charge in [0, 0.05) is 16.5 Å². The normalized spacial score (nSPS) is 14.3. The first-order valence-corrected chi connectivity index (χ1v) is 17.7. The summed E-state index contributed by atoms with van der Waals surface area (Å²) in [5, 5.41) is 9.68. The van der Waals surface area contributed by atoms with Gasteiger partial charge in [0.2, 0.25) is 0 Å². The van der Waals surface area contributed by atoms with E-state index in [-0.39, 0.29) is 5.41 Å². The summed E-state index contributed by atoms with van der Waals surface area (Å²) in [6.07, 6.45) is 0. The lowest BCUT2D eigenvalue weighted by atomic mass is 9.73. The Morgan fingerprint density at radius 2 is 1.00 bits per heavy atom. The maximum atomic E-state index is 9.68. The predicted molar refractivity (Wildman–Crippen MR) is 214 cm³/mol. The predicted octanol–water partition coefficient (Wildman–Crippen LogP) is 12.6. The van der Waals surface area contributed by atoms with Crippen molar-refractivity contribution in [3.8, 4) is 73.1 Å². The number of hydrogen-bond donors (Lipinski definition) is 0. The molecule has 0 fully saturated rings. The molecule has 1 unspecified atom stereocenters. The van der Waals surface area contributed by atoms with Crippen LogP contribution in [0, 0.1) is 11.3 Å². The zero-order valence-corrected chi connectivity index (χ0v) is 28.8. The molecule has 9 rings (SSSR count). The summed E-state index contributed by atoms with van der Waals surface area (Å²) in [5.74, 6) is 0. The van der Waals surface area contributed by atoms with Crippen LogP contribution in [0.1, 0.15) is 29.2 Å². The van der Waals surface area contributed by atoms with E-state index in [1.54, 1.807) is 0 Å². The Bertz CT molecular complexity index is 2560. The SMILES string of the molecule is CC1(c2ccccc2)c2ccccc2-c2c1ccc(-c1cccc(-c3cc(-c4ccccc4)nc(-c4ccccc4)c3)c1)c2-c1ccc(C#N)cc1. The smallest absolute Gasteiger partial charge is 0.0991 e. The van der Waals surface area contributed by atoms with Gasteiger partial charge >= 0.3 is 0 Å². The van der Waals surface area contributed by atoms with Crippen LogP contribution in [-0.2, 0) is 5.41 Å². The van der Waals surface area contributed by atoms with Gasteiger partial charge in [0.1, 0.15) is 0 Å². The summed E-state index contributed by atoms with van der Waals surface area (Å²) >= 11 is 0. The quantitative estimate of drug-likeness (QED) is 0.178. The number of hydrogen-bond acceptors (Lipinski definition) is 2. The van der Waals surface area contributed by atoms with Crippen LogP contribution < -0.4 is 0 Å². The van der Waals surface area contributed by atoms with E-state index < -0.39 is 0 Å². The van der Waals surface area contributed by atoms with Gasteiger partial charge < -0.3 is 0 Å². The third-order valence-electron chi connectivity index (χ3n) is 10.6. The van der Waals surface area contributed by atoms with E-state index in [1.165, 1.54) is 33.4 Å². The monoisotopic (exact) mass is 662 g/mol. The Hall–Kier alpha value is -6.82. The Morgan fingerprint density at radius 1 is 0.423 bits per heavy atom. The fourth-order valence-corrected chi connectivity index (χ4v) is 7.99. The van der Waals surface area contributed by atoms with Crippen LogP contribution >= 0.6 is 0 Å². The van der Waals surface area contributed by atoms with Gasteiger partial charge in [0.15, 0.2) is 0 Å². The first-order valence-electron chi connectivity index (χ1n) is 17.7. The molecule has 52 heavy (non-hydrogen) atoms. The third-order valence-corrected chi connectivity index (χ3v) is 10.6. The lowest BCUT2D eigenvalue weighted by Crippen LogP contribution is -2.22. The lowest BCUT2D eigenvalue weighted by molar-refractivity contribution is 0.714. The molecule has 1 aromatic heterocycles. The van der Waals surface area contributed by atoms with Crippen molar-refractivity contribution in [3.05, 3.63) is 210 Å². The van der Waals surface area contributed by atoms with Crippen molar-refractivity contribution in [1.29, 1.82) is 5.26 Å². The number of fused-ring (bicyclic) bond motifs is 3. The van der Waals surface area contributed by atoms with E-state index >= 15 is 0 Å². The van der Waals surface area contributed by atoms with Gasteiger partial charge in [-0.1, -0.05) is 158 Å². The van der Waals surface area contributed by atoms with Crippen molar-refractivity contribution < 1.29 is 0 Å². The summed E-state index contributed by atoms with van der Waals surface area (Å²) in [4.78, 5) is 5.12. The molecule has 244 valence electrons. The topological polar surface area (TPSA) is 36.7 Å². The highest BCUT2D eigenvalue weighted by molar-refractivity contribution is 6.01. The number of benzene rings is 7. The highest BCUT2D eigenvalue weighted by atomic mass is 14.7. The van der Waals surface area contributed by atoms with Crippen LogP contribution in [0.25, 0.3) is 67.0 Å². The zero-order valence-electron chi connectivity index (χ0n) is 28.8. The van der Waals surface area contributed by atoms with Crippen molar-refractivity contribution in [2.45, 2.75) is 12.3 Å². The van der Waals surface area contributed by atoms with Crippen LogP contribution in [0.15, 0.2) is 188 Å². The van der Waals surface area contributed by atoms with Crippen molar-refractivity contribution in [3.63, 3.8) is 0 Å². The molecule has 8 aromatic rings. The van der Waals surface area contributed by atoms with E-state index in [1.807, 2.05) is 24.3 Å². The van der Waals surface area contributed by atoms with Crippen molar-refractivity contribution in [1.82, 2.24) is 4.98 Å². The first kappa shape index (κ1) is 31.2. The summed E-state index contributed by atoms with van der Waals surface area (Å²) in [7, 11) is 0. The van der Waals surface area contributed by atoms with Gasteiger partial charge in [-0.2, -0.15) is 5.26 Å². The van der Waals surface area contributed by atoms with Gasteiger partial charge in [-0.25, -0.2) is 4.98 Å². The molecule has 0 N–H and O–H groups in total. The molecule has 0 saturated heterocycles. The molecule has 1 aliphatic rings. The summed E-state index contributed by atoms with van der Waals surface area (Å²) < 4.78 is 0. The van der Waals surface area contributed by atoms with E-state index in [0.29, 0.717) is 5.56 Å². The summed E-state index contributed by atoms with van der Waals surface area (Å²) in [6.45, 7) is 2.36. The lowest BCUT2D eigenvalue weighted by Gasteiger charge is -2.29. The Balaban J connectivity index is 1.27. The number of nitrogens with zero attached hydrogens (tertiary/aromatic N) is 2. The van der Waals surface area contributed by atoms with Crippen molar-refractivity contribution in [2.24, 2.45) is 0 Å². The molecule has 1 heterocycles. The van der Waals surface area contributed by atoms with Crippen molar-refractivity contribution in [2.75, 3.05) is 0 Å². The second-order valence-corrected chi connectivity index (χ2v) is 13.6. The largest absolute Gasteiger partial charge is 0.248 e. The molecule has 0 aliphatic heterocycles. The van der Waals surface area contributed by atoms with E-state index in [4.69, 9.17) is 4.98 Å². The summed E-state index contributed by atoms with van der Waals surface area (Å²) in [6, 6.07) is 68.8. The fourth-order valence-electron chi connectivity index (χ4n) is 7.99. The Kier molecular flexibility index (Phi) is 7.68. The van der Waals surface area contributed by atoms with Gasteiger partial charge in [-0.05, 0) is 98.5 Å². The minimum absolute atomic E-state index is 0.326. The maximum Gasteiger partial charge on any atom is 0.0991 e. The standard InChI is InChI=1S/C50H34N2/c1-50(41-20-9-4-10-21-41)44-23-12-11-22-43(44)49-45(50)29-28-42(48(49)37-26-24-34(33-51)25-27-37)39-19-13-18-38(30-39)40-31-46(35-14-5-2-6-15-35)52-47(32-40)36-16-7-3-8-17-36/h2-32H,1H3. The van der Waals surface area contributed by atoms with E-state index in [0.717, 1.165) is 50.3 Å². The molecule has 0 saturated carbocycles. The minimum atomic E-state index is -0.326. The molecule has 1 atom stereocenters. The number of rotatable bonds is 6. The Labute approximate surface area is 305 Å². The second kappa shape index (κ2) is 12.8. The van der Waals surface area contributed by atoms with Gasteiger partial charge in [0.05, 0.1) is 23.0 Å². The third kappa shape index (κ3) is 5.23. The number of pyridine rings is 1. The molecule has 1 aliphatic carbocycles. The van der Waals surface area contributed by atoms with Crippen LogP contribution in [0.5, 0.6) is 0 Å². The Morgan fingerprint density at radius 3 is 1.65 bits per heavy atom. The molecule has 2 nitrogen and oxygen atoms in total. The number of aromatic nitrogens is 1. The maximum absolute atomic E-state index is 9.68. The second-order valence-electron chi connectivity index (χ2n) is 13.6. The molecule has 0 bridgehead atoms. The molecule has 2 heteroatoms. The fraction of sp³-hybridized carbons (Fsp3) is 0.0400. The molecule has 0 radical (unpaired) electrons. The highest BCUT2D eigenvalue weighted by Gasteiger charge is 2.42. The van der Waals surface area contributed by atoms with E-state index in [9.17, 15) is 5.26 Å². The molecular formula is C50H34N2. The zero-order chi connectivity index (χ0) is 35.1. The van der Waals surface area contributed by atoms with E-state index in [2.05, 4.69) is 177 Å². The number of nitriles is 1. The van der Waals surface area contributed by atoms with Crippen LogP contribution in [0.4, 0.5) is 0 Å². The highest BCUT2D eigenvalue weighted by Crippen LogP contribution is 2.57. The van der Waals surface area contributed by atoms with Crippen LogP contribution in [0.2, 0.25) is 0 Å². The van der Waals surface area contributed by atoms with Crippen LogP contribution in [0.3, 0.4) is 0 Å². The molecule has 0 amide bonds. The van der Waals surface area contributed by atoms with Crippen molar-refractivity contribution >= 4 is 0 Å². The minimum Gasteiger partial charge on any atom is -0.248 e. The summed E-state index contributed by atoms with van der Waals surface area (Å²) in [5.41, 5.74) is 17.5. The molecule has 0 spiro atoms. The first-order chi connectivity index (χ1) is 25.6.